The highest BCUT2D eigenvalue weighted by atomic mass is 19.2. The Morgan fingerprint density at radius 1 is 0.254 bits per heavy atom. The van der Waals surface area contributed by atoms with Crippen molar-refractivity contribution in [3.63, 3.8) is 0 Å². The van der Waals surface area contributed by atoms with E-state index in [1.54, 1.807) is 0 Å². The molecular weight excluding hydrogens is 1750 g/mol. The number of rotatable bonds is 16. The lowest BCUT2D eigenvalue weighted by atomic mass is 9.81. The van der Waals surface area contributed by atoms with Crippen LogP contribution >= 0.6 is 0 Å². The van der Waals surface area contributed by atoms with Crippen LogP contribution in [-0.4, -0.2) is 189 Å². The van der Waals surface area contributed by atoms with Gasteiger partial charge in [0.15, 0.2) is 57.6 Å². The number of anilines is 8. The lowest BCUT2D eigenvalue weighted by Crippen LogP contribution is -2.36. The summed E-state index contributed by atoms with van der Waals surface area (Å²) in [6, 6.07) is 49.8. The van der Waals surface area contributed by atoms with Gasteiger partial charge in [-0.2, -0.15) is 0 Å². The smallest absolute Gasteiger partial charge is 0.170 e. The first-order chi connectivity index (χ1) is 66.6. The largest absolute Gasteiger partial charge is 0.391 e. The Morgan fingerprint density at radius 2 is 0.471 bits per heavy atom. The Labute approximate surface area is 805 Å². The Morgan fingerprint density at radius 3 is 0.688 bits per heavy atom. The number of alkyl halides is 4. The predicted molar refractivity (Wildman–Crippen MR) is 538 cm³/mol. The van der Waals surface area contributed by atoms with E-state index in [2.05, 4.69) is 202 Å². The monoisotopic (exact) mass is 1880 g/mol. The highest BCUT2D eigenvalue weighted by Gasteiger charge is 2.51. The summed E-state index contributed by atoms with van der Waals surface area (Å²) in [5.41, 5.74) is 12.9. The minimum atomic E-state index is -1.56. The Hall–Kier alpha value is -11.1. The summed E-state index contributed by atoms with van der Waals surface area (Å²) >= 11 is 0. The van der Waals surface area contributed by atoms with Crippen LogP contribution in [0.25, 0.3) is 43.6 Å². The molecule has 12 fully saturated rings. The van der Waals surface area contributed by atoms with Crippen LogP contribution in [-0.2, 0) is 22.7 Å². The van der Waals surface area contributed by atoms with E-state index in [1.807, 2.05) is 21.9 Å². The van der Waals surface area contributed by atoms with Gasteiger partial charge in [0.05, 0.1) is 35.4 Å². The third kappa shape index (κ3) is 18.9. The number of piperidine rings is 4. The molecule has 4 atom stereocenters. The number of aryl methyl sites for hydroxylation is 6. The molecule has 0 spiro atoms. The minimum Gasteiger partial charge on any atom is -0.391 e. The van der Waals surface area contributed by atoms with Crippen LogP contribution in [0, 0.1) is 53.2 Å². The van der Waals surface area contributed by atoms with Gasteiger partial charge in [-0.1, -0.05) is 97.1 Å². The summed E-state index contributed by atoms with van der Waals surface area (Å²) in [5.74, 6) is 5.07. The molecule has 0 bridgehead atoms. The topological polar surface area (TPSA) is 210 Å². The molecule has 26 heteroatoms. The first kappa shape index (κ1) is 93.2. The zero-order valence-electron chi connectivity index (χ0n) is 80.6. The summed E-state index contributed by atoms with van der Waals surface area (Å²) in [7, 11) is 0. The summed E-state index contributed by atoms with van der Waals surface area (Å²) < 4.78 is 92.0. The van der Waals surface area contributed by atoms with E-state index in [1.165, 1.54) is 56.6 Å². The summed E-state index contributed by atoms with van der Waals surface area (Å²) in [6.07, 6.45) is 14.9. The van der Waals surface area contributed by atoms with Gasteiger partial charge in [-0.15, -0.1) is 0 Å². The summed E-state index contributed by atoms with van der Waals surface area (Å²) in [4.78, 5) is 55.1. The van der Waals surface area contributed by atoms with Crippen LogP contribution in [0.2, 0.25) is 0 Å². The molecule has 138 heavy (non-hydrogen) atoms. The molecule has 24 rings (SSSR count). The molecule has 4 aromatic heterocycles. The molecule has 12 aromatic rings. The van der Waals surface area contributed by atoms with Gasteiger partial charge in [-0.3, -0.25) is 0 Å². The third-order valence-electron chi connectivity index (χ3n) is 32.4. The zero-order chi connectivity index (χ0) is 95.2. The number of aliphatic hydroxyl groups is 4. The van der Waals surface area contributed by atoms with Crippen molar-refractivity contribution in [3.05, 3.63) is 236 Å². The number of hydrogen-bond donors (Lipinski definition) is 4. The summed E-state index contributed by atoms with van der Waals surface area (Å²) in [6.45, 7) is 24.8. The van der Waals surface area contributed by atoms with Gasteiger partial charge >= 0.3 is 0 Å². The normalized spacial score (nSPS) is 22.6. The van der Waals surface area contributed by atoms with Gasteiger partial charge in [0.2, 0.25) is 0 Å². The number of fused-ring (bicyclic) bond motifs is 4. The van der Waals surface area contributed by atoms with Crippen molar-refractivity contribution in [3.8, 4) is 0 Å². The van der Waals surface area contributed by atoms with Crippen molar-refractivity contribution < 1.29 is 46.8 Å². The maximum Gasteiger partial charge on any atom is 0.170 e. The Balaban J connectivity index is 0.000000110. The molecule has 8 aliphatic heterocycles. The van der Waals surface area contributed by atoms with Crippen molar-refractivity contribution in [1.82, 2.24) is 39.9 Å². The second-order valence-corrected chi connectivity index (χ2v) is 42.0. The summed E-state index contributed by atoms with van der Waals surface area (Å²) in [5, 5.41) is 43.3. The SMILES string of the molecule is Cc1ccccc1C1CCN(c2nc(C3(F)CC3)nc3c(C)cc(N4CC[C@@H](O)C4)cc23)CC1.Cc1ccccc1C1CCN(c2nc(C3(F)CC3)nc3c(F)cc(N4CC[C@@H](O)C4)cc23)CC1.Cc1ccccc1C1CCN(c2nc(C3(F)CCC3)nc3c(C)cc(N4CC[C@@H](O)C4)cc23)CC1.Cc1ccccc1C1CCN(c2nc(C3(F)CCC3)nc3c(F)cc(N4CC[C@@H](O)C4)cc23)CC1. The second kappa shape index (κ2) is 38.2. The van der Waals surface area contributed by atoms with Crippen LogP contribution < -0.4 is 39.2 Å². The maximum atomic E-state index is 15.6. The Bertz CT molecular complexity index is 6130. The minimum absolute atomic E-state index is 0.110. The first-order valence-corrected chi connectivity index (χ1v) is 51.0. The molecule has 0 unspecified atom stereocenters. The number of nitrogens with zero attached hydrogens (tertiary/aromatic N) is 16. The third-order valence-corrected chi connectivity index (χ3v) is 32.4. The molecule has 0 amide bonds. The molecule has 4 saturated carbocycles. The van der Waals surface area contributed by atoms with Crippen LogP contribution in [0.3, 0.4) is 0 Å². The van der Waals surface area contributed by atoms with Gasteiger partial charge in [0.1, 0.15) is 34.3 Å². The average Bonchev–Trinajstić information content (AvgIpc) is 1.47. The number of β-amino-alcohol motifs (C(OH)–C–C–N with tert-alkyl or cyclic N) is 4. The first-order valence-electron chi connectivity index (χ1n) is 51.0. The van der Waals surface area contributed by atoms with Crippen molar-refractivity contribution in [2.24, 2.45) is 0 Å². The van der Waals surface area contributed by atoms with Crippen molar-refractivity contribution in [2.75, 3.05) is 144 Å². The number of benzene rings is 8. The van der Waals surface area contributed by atoms with Gasteiger partial charge < -0.3 is 59.6 Å². The molecular formula is C112H130F6N16O4. The van der Waals surface area contributed by atoms with E-state index in [0.29, 0.717) is 161 Å². The van der Waals surface area contributed by atoms with Gasteiger partial charge in [0.25, 0.3) is 0 Å². The van der Waals surface area contributed by atoms with E-state index in [0.717, 1.165) is 210 Å². The van der Waals surface area contributed by atoms with Crippen LogP contribution in [0.5, 0.6) is 0 Å². The van der Waals surface area contributed by atoms with Gasteiger partial charge in [-0.05, 0) is 311 Å². The second-order valence-electron chi connectivity index (χ2n) is 42.0. The maximum absolute atomic E-state index is 15.6. The zero-order valence-corrected chi connectivity index (χ0v) is 80.6. The standard InChI is InChI=1S/C29H35FN4O.C28H32F2N4O.C28H33FN4O.C27H30F2N4O/c1-19-6-3-4-7-24(19)21-8-13-33(14-9-21)27-25-17-22(34-15-10-23(35)18-34)16-20(2)26(25)31-28(32-27)29(30)11-5-12-29;1-18-5-2-3-6-22(18)19-7-12-33(13-8-19)26-23-15-20(34-14-9-21(35)17-34)16-24(29)25(23)31-27(32-26)28(30)10-4-11-28;1-18-5-3-4-6-23(18)20-7-12-32(13-8-20)26-24-16-21(33-14-9-22(34)17-33)15-19(2)25(24)30-27(31-26)28(29)10-11-28;1-17-4-2-3-5-21(17)18-6-11-32(12-7-18)25-22-14-19(33-13-8-20(34)16-33)15-23(28)24(22)30-26(31-25)27(29)9-10-27/h3-4,6-7,16-17,21,23,35H,5,8-15,18H2,1-2H3;2-3,5-6,15-16,19,21,35H,4,7-14,17H2,1H3;3-6,15-16,20,22,34H,7-14,17H2,1-2H3;2-5,14-15,18,20,34H,6-13,16H2,1H3/t23-;21-;22-;20-/m1111/s1. The van der Waals surface area contributed by atoms with Crippen molar-refractivity contribution >= 4 is 89.6 Å². The van der Waals surface area contributed by atoms with E-state index in [-0.39, 0.29) is 34.9 Å². The highest BCUT2D eigenvalue weighted by Crippen LogP contribution is 2.54. The molecule has 4 aliphatic carbocycles. The molecule has 8 saturated heterocycles. The number of aliphatic hydroxyl groups excluding tert-OH is 4. The fourth-order valence-corrected chi connectivity index (χ4v) is 23.3. The van der Waals surface area contributed by atoms with E-state index >= 15 is 26.3 Å². The Kier molecular flexibility index (Phi) is 25.8. The van der Waals surface area contributed by atoms with E-state index < -0.39 is 46.5 Å². The van der Waals surface area contributed by atoms with Gasteiger partial charge in [0, 0.05) is 149 Å². The van der Waals surface area contributed by atoms with Crippen molar-refractivity contribution in [2.45, 2.75) is 254 Å². The number of hydrogen-bond acceptors (Lipinski definition) is 20. The fraction of sp³-hybridized carbons (Fsp3) is 0.500. The fourth-order valence-electron chi connectivity index (χ4n) is 23.3. The quantitative estimate of drug-likeness (QED) is 0.0663. The van der Waals surface area contributed by atoms with E-state index in [9.17, 15) is 20.4 Å². The van der Waals surface area contributed by atoms with Crippen LogP contribution in [0.4, 0.5) is 72.4 Å². The van der Waals surface area contributed by atoms with Gasteiger partial charge in [-0.25, -0.2) is 66.2 Å². The average molecular weight is 1880 g/mol. The van der Waals surface area contributed by atoms with Crippen LogP contribution in [0.1, 0.15) is 244 Å². The molecule has 20 nitrogen and oxygen atoms in total. The highest BCUT2D eigenvalue weighted by molar-refractivity contribution is 5.97. The predicted octanol–water partition coefficient (Wildman–Crippen LogP) is 21.1. The lowest BCUT2D eigenvalue weighted by molar-refractivity contribution is 0.0510. The molecule has 12 heterocycles. The molecule has 0 radical (unpaired) electrons. The molecule has 724 valence electrons. The molecule has 4 N–H and O–H groups in total. The number of halogens is 6. The number of aromatic nitrogens is 8. The molecule has 12 aliphatic rings. The molecule has 8 aromatic carbocycles. The van der Waals surface area contributed by atoms with Crippen molar-refractivity contribution in [1.29, 1.82) is 0 Å². The lowest BCUT2D eigenvalue weighted by Gasteiger charge is -2.36. The van der Waals surface area contributed by atoms with E-state index in [4.69, 9.17) is 29.9 Å². The van der Waals surface area contributed by atoms with Crippen LogP contribution in [0.15, 0.2) is 146 Å².